The molecule has 0 aromatic carbocycles. The van der Waals surface area contributed by atoms with Crippen molar-refractivity contribution in [3.63, 3.8) is 0 Å². The number of esters is 1. The monoisotopic (exact) mass is 176 g/mol. The summed E-state index contributed by atoms with van der Waals surface area (Å²) in [7, 11) is 0. The van der Waals surface area contributed by atoms with Gasteiger partial charge in [0.15, 0.2) is 0 Å². The highest BCUT2D eigenvalue weighted by atomic mass is 32.2. The molecule has 0 radical (unpaired) electrons. The molecule has 0 N–H and O–H groups in total. The van der Waals surface area contributed by atoms with Gasteiger partial charge in [0.1, 0.15) is 6.29 Å². The van der Waals surface area contributed by atoms with Crippen molar-refractivity contribution in [2.24, 2.45) is 0 Å². The van der Waals surface area contributed by atoms with Gasteiger partial charge in [0.25, 0.3) is 0 Å². The van der Waals surface area contributed by atoms with Gasteiger partial charge >= 0.3 is 5.97 Å². The van der Waals surface area contributed by atoms with Crippen LogP contribution in [0.5, 0.6) is 0 Å². The van der Waals surface area contributed by atoms with Crippen molar-refractivity contribution in [2.45, 2.75) is 13.3 Å². The van der Waals surface area contributed by atoms with E-state index >= 15 is 0 Å². The maximum atomic E-state index is 10.7. The van der Waals surface area contributed by atoms with Gasteiger partial charge in [-0.3, -0.25) is 4.79 Å². The number of aldehydes is 1. The molecule has 0 fully saturated rings. The van der Waals surface area contributed by atoms with Gasteiger partial charge in [-0.25, -0.2) is 0 Å². The first-order chi connectivity index (χ1) is 5.31. The highest BCUT2D eigenvalue weighted by Gasteiger charge is 1.99. The summed E-state index contributed by atoms with van der Waals surface area (Å²) in [6.45, 7) is 2.20. The Bertz CT molecular complexity index is 125. The van der Waals surface area contributed by atoms with E-state index in [2.05, 4.69) is 4.74 Å². The first kappa shape index (κ1) is 10.5. The summed E-state index contributed by atoms with van der Waals surface area (Å²) in [5, 5.41) is 0. The number of rotatable bonds is 6. The molecule has 11 heavy (non-hydrogen) atoms. The molecule has 0 atom stereocenters. The van der Waals surface area contributed by atoms with E-state index in [4.69, 9.17) is 0 Å². The highest BCUT2D eigenvalue weighted by Crippen LogP contribution is 2.01. The van der Waals surface area contributed by atoms with Crippen LogP contribution in [0.1, 0.15) is 13.3 Å². The van der Waals surface area contributed by atoms with Crippen LogP contribution < -0.4 is 0 Å². The Morgan fingerprint density at radius 3 is 2.91 bits per heavy atom. The molecule has 0 heterocycles. The van der Waals surface area contributed by atoms with Crippen LogP contribution >= 0.6 is 11.8 Å². The third-order valence-electron chi connectivity index (χ3n) is 0.905. The lowest BCUT2D eigenvalue weighted by atomic mass is 10.6. The van der Waals surface area contributed by atoms with Crippen LogP contribution in [0.25, 0.3) is 0 Å². The molecule has 0 bridgehead atoms. The van der Waals surface area contributed by atoms with E-state index in [1.54, 1.807) is 6.92 Å². The molecule has 3 nitrogen and oxygen atoms in total. The SMILES string of the molecule is CCOC(=O)CSCCC=O. The minimum atomic E-state index is -0.205. The Balaban J connectivity index is 3.10. The van der Waals surface area contributed by atoms with Gasteiger partial charge in [0.2, 0.25) is 0 Å². The quantitative estimate of drug-likeness (QED) is 0.342. The van der Waals surface area contributed by atoms with Gasteiger partial charge in [-0.1, -0.05) is 0 Å². The molecular formula is C7H12O3S. The molecule has 64 valence electrons. The molecule has 0 rings (SSSR count). The van der Waals surface area contributed by atoms with E-state index in [0.717, 1.165) is 6.29 Å². The molecule has 0 aromatic rings. The lowest BCUT2D eigenvalue weighted by Crippen LogP contribution is -2.06. The number of hydrogen-bond acceptors (Lipinski definition) is 4. The summed E-state index contributed by atoms with van der Waals surface area (Å²) in [4.78, 5) is 20.5. The molecule has 0 spiro atoms. The van der Waals surface area contributed by atoms with Gasteiger partial charge in [-0.05, 0) is 6.92 Å². The van der Waals surface area contributed by atoms with Gasteiger partial charge in [0, 0.05) is 12.2 Å². The number of carbonyl (C=O) groups excluding carboxylic acids is 2. The lowest BCUT2D eigenvalue weighted by Gasteiger charge is -1.99. The Morgan fingerprint density at radius 1 is 1.64 bits per heavy atom. The third-order valence-corrected chi connectivity index (χ3v) is 1.87. The molecular weight excluding hydrogens is 164 g/mol. The summed E-state index contributed by atoms with van der Waals surface area (Å²) < 4.78 is 4.67. The van der Waals surface area contributed by atoms with Crippen LogP contribution in [0.3, 0.4) is 0 Å². The summed E-state index contributed by atoms with van der Waals surface area (Å²) in [6, 6.07) is 0. The zero-order valence-electron chi connectivity index (χ0n) is 6.54. The van der Waals surface area contributed by atoms with Gasteiger partial charge < -0.3 is 9.53 Å². The minimum Gasteiger partial charge on any atom is -0.465 e. The van der Waals surface area contributed by atoms with Crippen molar-refractivity contribution in [1.29, 1.82) is 0 Å². The maximum absolute atomic E-state index is 10.7. The highest BCUT2D eigenvalue weighted by molar-refractivity contribution is 7.99. The van der Waals surface area contributed by atoms with Crippen molar-refractivity contribution in [1.82, 2.24) is 0 Å². The first-order valence-electron chi connectivity index (χ1n) is 3.48. The summed E-state index contributed by atoms with van der Waals surface area (Å²) in [6.07, 6.45) is 1.35. The Kier molecular flexibility index (Phi) is 7.24. The summed E-state index contributed by atoms with van der Waals surface area (Å²) in [5.74, 6) is 0.840. The van der Waals surface area contributed by atoms with Crippen LogP contribution in [0.15, 0.2) is 0 Å². The molecule has 0 aliphatic heterocycles. The van der Waals surface area contributed by atoms with Gasteiger partial charge in [0.05, 0.1) is 12.4 Å². The topological polar surface area (TPSA) is 43.4 Å². The fourth-order valence-corrected chi connectivity index (χ4v) is 1.15. The normalized spacial score (nSPS) is 9.18. The van der Waals surface area contributed by atoms with Crippen LogP contribution in [0, 0.1) is 0 Å². The molecule has 0 aliphatic carbocycles. The van der Waals surface area contributed by atoms with Crippen LogP contribution in [-0.4, -0.2) is 30.4 Å². The first-order valence-corrected chi connectivity index (χ1v) is 4.63. The smallest absolute Gasteiger partial charge is 0.315 e. The summed E-state index contributed by atoms with van der Waals surface area (Å²) >= 11 is 1.42. The fourth-order valence-electron chi connectivity index (χ4n) is 0.490. The summed E-state index contributed by atoms with van der Waals surface area (Å²) in [5.41, 5.74) is 0. The zero-order chi connectivity index (χ0) is 8.53. The lowest BCUT2D eigenvalue weighted by molar-refractivity contribution is -0.139. The second-order valence-corrected chi connectivity index (χ2v) is 2.92. The number of hydrogen-bond donors (Lipinski definition) is 0. The Labute approximate surface area is 70.5 Å². The van der Waals surface area contributed by atoms with Crippen LogP contribution in [0.2, 0.25) is 0 Å². The van der Waals surface area contributed by atoms with Crippen LogP contribution in [-0.2, 0) is 14.3 Å². The number of thioether (sulfide) groups is 1. The van der Waals surface area contributed by atoms with E-state index in [1.165, 1.54) is 11.8 Å². The van der Waals surface area contributed by atoms with E-state index in [0.29, 0.717) is 24.5 Å². The second kappa shape index (κ2) is 7.60. The Morgan fingerprint density at radius 2 is 2.36 bits per heavy atom. The maximum Gasteiger partial charge on any atom is 0.315 e. The van der Waals surface area contributed by atoms with Crippen molar-refractivity contribution in [3.8, 4) is 0 Å². The molecule has 0 saturated carbocycles. The van der Waals surface area contributed by atoms with Crippen molar-refractivity contribution in [3.05, 3.63) is 0 Å². The molecule has 0 aliphatic rings. The molecule has 4 heteroatoms. The zero-order valence-corrected chi connectivity index (χ0v) is 7.36. The fraction of sp³-hybridized carbons (Fsp3) is 0.714. The molecule has 0 aromatic heterocycles. The average Bonchev–Trinajstić information content (AvgIpc) is 1.99. The third kappa shape index (κ3) is 7.39. The molecule has 0 saturated heterocycles. The van der Waals surface area contributed by atoms with Crippen LogP contribution in [0.4, 0.5) is 0 Å². The van der Waals surface area contributed by atoms with Gasteiger partial charge in [-0.2, -0.15) is 0 Å². The minimum absolute atomic E-state index is 0.205. The van der Waals surface area contributed by atoms with Crippen molar-refractivity contribution >= 4 is 24.0 Å². The Hall–Kier alpha value is -0.510. The number of ether oxygens (including phenoxy) is 1. The standard InChI is InChI=1S/C7H12O3S/c1-2-10-7(9)6-11-5-3-4-8/h4H,2-3,5-6H2,1H3. The second-order valence-electron chi connectivity index (χ2n) is 1.81. The molecule has 0 unspecified atom stereocenters. The largest absolute Gasteiger partial charge is 0.465 e. The van der Waals surface area contributed by atoms with Gasteiger partial charge in [-0.15, -0.1) is 11.8 Å². The molecule has 0 amide bonds. The predicted molar refractivity (Wildman–Crippen MR) is 44.6 cm³/mol. The van der Waals surface area contributed by atoms with E-state index < -0.39 is 0 Å². The van der Waals surface area contributed by atoms with E-state index in [1.807, 2.05) is 0 Å². The van der Waals surface area contributed by atoms with Crippen molar-refractivity contribution in [2.75, 3.05) is 18.1 Å². The van der Waals surface area contributed by atoms with E-state index in [-0.39, 0.29) is 5.97 Å². The van der Waals surface area contributed by atoms with Crippen molar-refractivity contribution < 1.29 is 14.3 Å². The van der Waals surface area contributed by atoms with E-state index in [9.17, 15) is 9.59 Å². The number of carbonyl (C=O) groups is 2. The average molecular weight is 176 g/mol. The predicted octanol–water partition coefficient (Wildman–Crippen LogP) is 0.872.